The van der Waals surface area contributed by atoms with Crippen molar-refractivity contribution >= 4 is 11.6 Å². The van der Waals surface area contributed by atoms with Gasteiger partial charge >= 0.3 is 5.97 Å². The van der Waals surface area contributed by atoms with Crippen molar-refractivity contribution in [2.45, 2.75) is 6.92 Å². The fourth-order valence-corrected chi connectivity index (χ4v) is 3.16. The highest BCUT2D eigenvalue weighted by Crippen LogP contribution is 2.31. The number of aromatic nitrogens is 3. The third-order valence-corrected chi connectivity index (χ3v) is 4.41. The van der Waals surface area contributed by atoms with Gasteiger partial charge in [0.1, 0.15) is 5.75 Å². The molecule has 2 aromatic heterocycles. The zero-order valence-corrected chi connectivity index (χ0v) is 14.9. The van der Waals surface area contributed by atoms with Crippen molar-refractivity contribution in [2.75, 3.05) is 7.11 Å². The number of methoxy groups -OCH3 is 1. The van der Waals surface area contributed by atoms with Crippen molar-refractivity contribution in [3.05, 3.63) is 72.1 Å². The van der Waals surface area contributed by atoms with Crippen LogP contribution in [0.5, 0.6) is 5.75 Å². The largest absolute Gasteiger partial charge is 0.497 e. The monoisotopic (exact) mass is 359 g/mol. The Bertz CT molecular complexity index is 1150. The average molecular weight is 359 g/mol. The molecule has 0 radical (unpaired) electrons. The number of rotatable bonds is 4. The molecule has 0 bridgehead atoms. The van der Waals surface area contributed by atoms with Crippen molar-refractivity contribution in [1.29, 1.82) is 0 Å². The number of ether oxygens (including phenoxy) is 1. The summed E-state index contributed by atoms with van der Waals surface area (Å²) < 4.78 is 7.00. The van der Waals surface area contributed by atoms with Crippen LogP contribution in [0.2, 0.25) is 0 Å². The molecule has 2 heterocycles. The van der Waals surface area contributed by atoms with Crippen LogP contribution in [0.3, 0.4) is 0 Å². The smallest absolute Gasteiger partial charge is 0.354 e. The van der Waals surface area contributed by atoms with Crippen molar-refractivity contribution in [3.63, 3.8) is 0 Å². The fourth-order valence-electron chi connectivity index (χ4n) is 3.16. The van der Waals surface area contributed by atoms with Gasteiger partial charge in [-0.2, -0.15) is 5.10 Å². The van der Waals surface area contributed by atoms with Gasteiger partial charge in [-0.05, 0) is 30.7 Å². The molecule has 2 aromatic carbocycles. The number of aromatic carboxylic acids is 1. The minimum atomic E-state index is -1.08. The van der Waals surface area contributed by atoms with Crippen LogP contribution < -0.4 is 4.74 Å². The third-order valence-electron chi connectivity index (χ3n) is 4.41. The van der Waals surface area contributed by atoms with Gasteiger partial charge in [0.25, 0.3) is 0 Å². The molecular formula is C21H17N3O3. The first kappa shape index (κ1) is 16.8. The molecule has 0 aliphatic carbocycles. The number of nitrogens with zero attached hydrogens (tertiary/aromatic N) is 3. The van der Waals surface area contributed by atoms with Crippen molar-refractivity contribution in [2.24, 2.45) is 0 Å². The molecule has 4 rings (SSSR count). The summed E-state index contributed by atoms with van der Waals surface area (Å²) in [6.07, 6.45) is 0. The Kier molecular flexibility index (Phi) is 4.08. The molecule has 27 heavy (non-hydrogen) atoms. The molecule has 1 N–H and O–H groups in total. The first-order chi connectivity index (χ1) is 13.1. The minimum Gasteiger partial charge on any atom is -0.497 e. The number of aryl methyl sites for hydroxylation is 1. The molecule has 0 aliphatic heterocycles. The molecule has 0 saturated carbocycles. The second-order valence-corrected chi connectivity index (χ2v) is 6.13. The molecule has 0 amide bonds. The van der Waals surface area contributed by atoms with Gasteiger partial charge in [0.05, 0.1) is 18.5 Å². The summed E-state index contributed by atoms with van der Waals surface area (Å²) in [4.78, 5) is 16.1. The highest BCUT2D eigenvalue weighted by Gasteiger charge is 2.19. The quantitative estimate of drug-likeness (QED) is 0.594. The van der Waals surface area contributed by atoms with E-state index in [-0.39, 0.29) is 5.69 Å². The number of benzene rings is 2. The van der Waals surface area contributed by atoms with Crippen molar-refractivity contribution in [3.8, 4) is 28.1 Å². The van der Waals surface area contributed by atoms with Crippen LogP contribution in [0, 0.1) is 6.92 Å². The van der Waals surface area contributed by atoms with E-state index in [2.05, 4.69) is 10.1 Å². The van der Waals surface area contributed by atoms with Gasteiger partial charge in [-0.25, -0.2) is 14.3 Å². The number of carboxylic acid groups (broad SMARTS) is 1. The van der Waals surface area contributed by atoms with E-state index in [1.165, 1.54) is 6.07 Å². The molecule has 0 spiro atoms. The van der Waals surface area contributed by atoms with Crippen molar-refractivity contribution in [1.82, 2.24) is 14.6 Å². The van der Waals surface area contributed by atoms with Gasteiger partial charge in [0.15, 0.2) is 11.3 Å². The standard InChI is InChI=1S/C21H17N3O3/c1-13-19(14-7-4-3-5-8-14)20-22-17(21(25)26)12-18(24(20)23-13)15-9-6-10-16(11-15)27-2/h3-12H,1-2H3,(H,25,26). The van der Waals surface area contributed by atoms with Gasteiger partial charge in [-0.15, -0.1) is 0 Å². The van der Waals surface area contributed by atoms with Gasteiger partial charge in [-0.1, -0.05) is 42.5 Å². The Morgan fingerprint density at radius 1 is 1.04 bits per heavy atom. The summed E-state index contributed by atoms with van der Waals surface area (Å²) in [5.41, 5.74) is 4.46. The van der Waals surface area contributed by atoms with Crippen LogP contribution in [0.4, 0.5) is 0 Å². The summed E-state index contributed by atoms with van der Waals surface area (Å²) in [5.74, 6) is -0.402. The maximum atomic E-state index is 11.7. The summed E-state index contributed by atoms with van der Waals surface area (Å²) >= 11 is 0. The van der Waals surface area contributed by atoms with Gasteiger partial charge in [0.2, 0.25) is 0 Å². The molecule has 134 valence electrons. The Morgan fingerprint density at radius 3 is 2.48 bits per heavy atom. The second kappa shape index (κ2) is 6.57. The number of hydrogen-bond acceptors (Lipinski definition) is 4. The highest BCUT2D eigenvalue weighted by atomic mass is 16.5. The van der Waals surface area contributed by atoms with Gasteiger partial charge in [-0.3, -0.25) is 0 Å². The predicted octanol–water partition coefficient (Wildman–Crippen LogP) is 4.08. The number of hydrogen-bond donors (Lipinski definition) is 1. The van der Waals surface area contributed by atoms with Crippen LogP contribution >= 0.6 is 0 Å². The molecule has 0 saturated heterocycles. The zero-order valence-electron chi connectivity index (χ0n) is 14.9. The summed E-state index contributed by atoms with van der Waals surface area (Å²) in [5, 5.41) is 14.2. The Labute approximate surface area is 155 Å². The number of carboxylic acids is 1. The maximum absolute atomic E-state index is 11.7. The summed E-state index contributed by atoms with van der Waals surface area (Å²) in [6.45, 7) is 1.90. The minimum absolute atomic E-state index is 0.0302. The van der Waals surface area contributed by atoms with Crippen molar-refractivity contribution < 1.29 is 14.6 Å². The lowest BCUT2D eigenvalue weighted by molar-refractivity contribution is 0.0690. The topological polar surface area (TPSA) is 76.7 Å². The molecule has 0 aliphatic rings. The lowest BCUT2D eigenvalue weighted by Gasteiger charge is -2.09. The van der Waals surface area contributed by atoms with E-state index in [4.69, 9.17) is 4.74 Å². The molecule has 0 fully saturated rings. The molecule has 6 heteroatoms. The first-order valence-electron chi connectivity index (χ1n) is 8.42. The normalized spacial score (nSPS) is 10.9. The molecule has 6 nitrogen and oxygen atoms in total. The fraction of sp³-hybridized carbons (Fsp3) is 0.0952. The van der Waals surface area contributed by atoms with E-state index < -0.39 is 5.97 Å². The van der Waals surface area contributed by atoms with E-state index in [0.29, 0.717) is 17.1 Å². The van der Waals surface area contributed by atoms with Crippen LogP contribution in [0.25, 0.3) is 28.0 Å². The Hall–Kier alpha value is -3.67. The Balaban J connectivity index is 2.06. The summed E-state index contributed by atoms with van der Waals surface area (Å²) in [7, 11) is 1.59. The van der Waals surface area contributed by atoms with Crippen LogP contribution in [-0.4, -0.2) is 32.8 Å². The predicted molar refractivity (Wildman–Crippen MR) is 102 cm³/mol. The van der Waals surface area contributed by atoms with Crippen LogP contribution in [0.15, 0.2) is 60.7 Å². The van der Waals surface area contributed by atoms with E-state index in [9.17, 15) is 9.90 Å². The molecule has 4 aromatic rings. The van der Waals surface area contributed by atoms with Gasteiger partial charge in [0, 0.05) is 11.1 Å². The molecule has 0 unspecified atom stereocenters. The Morgan fingerprint density at radius 2 is 1.78 bits per heavy atom. The summed E-state index contributed by atoms with van der Waals surface area (Å²) in [6, 6.07) is 18.7. The second-order valence-electron chi connectivity index (χ2n) is 6.13. The third kappa shape index (κ3) is 2.91. The molecule has 0 atom stereocenters. The van der Waals surface area contributed by atoms with E-state index in [1.807, 2.05) is 61.5 Å². The zero-order chi connectivity index (χ0) is 19.0. The van der Waals surface area contributed by atoms with Crippen LogP contribution in [0.1, 0.15) is 16.2 Å². The first-order valence-corrected chi connectivity index (χ1v) is 8.42. The average Bonchev–Trinajstić information content (AvgIpc) is 3.03. The number of carbonyl (C=O) groups is 1. The van der Waals surface area contributed by atoms with Crippen LogP contribution in [-0.2, 0) is 0 Å². The lowest BCUT2D eigenvalue weighted by Crippen LogP contribution is -2.06. The number of fused-ring (bicyclic) bond motifs is 1. The lowest BCUT2D eigenvalue weighted by atomic mass is 10.1. The SMILES string of the molecule is COc1cccc(-c2cc(C(=O)O)nc3c(-c4ccccc4)c(C)nn23)c1. The molecular weight excluding hydrogens is 342 g/mol. The van der Waals surface area contributed by atoms with E-state index in [1.54, 1.807) is 11.6 Å². The highest BCUT2D eigenvalue weighted by molar-refractivity contribution is 5.90. The van der Waals surface area contributed by atoms with E-state index >= 15 is 0 Å². The van der Waals surface area contributed by atoms with E-state index in [0.717, 1.165) is 22.4 Å². The van der Waals surface area contributed by atoms with Gasteiger partial charge < -0.3 is 9.84 Å². The maximum Gasteiger partial charge on any atom is 0.354 e.